The summed E-state index contributed by atoms with van der Waals surface area (Å²) in [5.41, 5.74) is 4.23. The van der Waals surface area contributed by atoms with E-state index in [-0.39, 0.29) is 5.91 Å². The van der Waals surface area contributed by atoms with E-state index in [2.05, 4.69) is 23.2 Å². The average Bonchev–Trinajstić information content (AvgIpc) is 3.08. The van der Waals surface area contributed by atoms with Gasteiger partial charge in [-0.25, -0.2) is 0 Å². The van der Waals surface area contributed by atoms with Crippen molar-refractivity contribution in [3.05, 3.63) is 53.6 Å². The fourth-order valence-corrected chi connectivity index (χ4v) is 3.16. The maximum absolute atomic E-state index is 12.2. The number of methoxy groups -OCH3 is 2. The predicted molar refractivity (Wildman–Crippen MR) is 105 cm³/mol. The maximum Gasteiger partial charge on any atom is 0.248 e. The molecule has 1 amide bonds. The van der Waals surface area contributed by atoms with Gasteiger partial charge in [0.1, 0.15) is 0 Å². The lowest BCUT2D eigenvalue weighted by Gasteiger charge is -2.17. The number of anilines is 2. The number of hydrogen-bond acceptors (Lipinski definition) is 4. The Morgan fingerprint density at radius 2 is 1.96 bits per heavy atom. The predicted octanol–water partition coefficient (Wildman–Crippen LogP) is 3.74. The number of hydrogen-bond donors (Lipinski definition) is 1. The smallest absolute Gasteiger partial charge is 0.248 e. The van der Waals surface area contributed by atoms with Crippen molar-refractivity contribution in [2.75, 3.05) is 37.5 Å². The van der Waals surface area contributed by atoms with Crippen LogP contribution < -0.4 is 19.7 Å². The molecule has 5 nitrogen and oxygen atoms in total. The lowest BCUT2D eigenvalue weighted by Crippen LogP contribution is -2.19. The minimum Gasteiger partial charge on any atom is -0.493 e. The molecule has 0 aromatic heterocycles. The molecule has 0 spiro atoms. The number of amides is 1. The molecule has 3 rings (SSSR count). The molecule has 0 atom stereocenters. The van der Waals surface area contributed by atoms with E-state index in [4.69, 9.17) is 9.47 Å². The topological polar surface area (TPSA) is 50.8 Å². The highest BCUT2D eigenvalue weighted by molar-refractivity contribution is 6.02. The van der Waals surface area contributed by atoms with Gasteiger partial charge in [0.25, 0.3) is 0 Å². The van der Waals surface area contributed by atoms with E-state index < -0.39 is 0 Å². The summed E-state index contributed by atoms with van der Waals surface area (Å²) in [7, 11) is 3.18. The zero-order valence-corrected chi connectivity index (χ0v) is 15.4. The number of nitrogens with zero attached hydrogens (tertiary/aromatic N) is 1. The first-order valence-electron chi connectivity index (χ1n) is 8.73. The van der Waals surface area contributed by atoms with Crippen LogP contribution in [0.1, 0.15) is 18.1 Å². The van der Waals surface area contributed by atoms with Crippen molar-refractivity contribution in [2.24, 2.45) is 0 Å². The summed E-state index contributed by atoms with van der Waals surface area (Å²) in [6, 6.07) is 11.6. The molecular formula is C21H24N2O3. The van der Waals surface area contributed by atoms with Gasteiger partial charge >= 0.3 is 0 Å². The molecular weight excluding hydrogens is 328 g/mol. The summed E-state index contributed by atoms with van der Waals surface area (Å²) >= 11 is 0. The number of carbonyl (C=O) groups is 1. The fourth-order valence-electron chi connectivity index (χ4n) is 3.16. The number of nitrogens with one attached hydrogen (secondary N) is 1. The Labute approximate surface area is 154 Å². The van der Waals surface area contributed by atoms with E-state index in [0.717, 1.165) is 30.8 Å². The van der Waals surface area contributed by atoms with Crippen LogP contribution >= 0.6 is 0 Å². The second-order valence-electron chi connectivity index (χ2n) is 6.11. The van der Waals surface area contributed by atoms with Crippen LogP contribution in [0.5, 0.6) is 11.5 Å². The largest absolute Gasteiger partial charge is 0.493 e. The molecule has 26 heavy (non-hydrogen) atoms. The maximum atomic E-state index is 12.2. The van der Waals surface area contributed by atoms with Crippen molar-refractivity contribution in [3.8, 4) is 11.5 Å². The van der Waals surface area contributed by atoms with Crippen molar-refractivity contribution in [1.82, 2.24) is 0 Å². The fraction of sp³-hybridized carbons (Fsp3) is 0.286. The first-order valence-corrected chi connectivity index (χ1v) is 8.73. The van der Waals surface area contributed by atoms with E-state index in [0.29, 0.717) is 11.5 Å². The van der Waals surface area contributed by atoms with Gasteiger partial charge in [-0.05, 0) is 54.8 Å². The zero-order valence-electron chi connectivity index (χ0n) is 15.4. The van der Waals surface area contributed by atoms with Crippen LogP contribution in [0.4, 0.5) is 11.4 Å². The Kier molecular flexibility index (Phi) is 5.46. The van der Waals surface area contributed by atoms with Gasteiger partial charge in [0.2, 0.25) is 5.91 Å². The van der Waals surface area contributed by atoms with Gasteiger partial charge in [-0.3, -0.25) is 4.79 Å². The summed E-state index contributed by atoms with van der Waals surface area (Å²) in [6.45, 7) is 4.16. The van der Waals surface area contributed by atoms with Gasteiger partial charge in [0.05, 0.1) is 14.2 Å². The average molecular weight is 352 g/mol. The minimum absolute atomic E-state index is 0.166. The Hall–Kier alpha value is -2.95. The Morgan fingerprint density at radius 1 is 1.15 bits per heavy atom. The zero-order chi connectivity index (χ0) is 18.5. The monoisotopic (exact) mass is 352 g/mol. The van der Waals surface area contributed by atoms with Crippen molar-refractivity contribution in [2.45, 2.75) is 13.3 Å². The van der Waals surface area contributed by atoms with Crippen LogP contribution in [0.25, 0.3) is 6.08 Å². The highest BCUT2D eigenvalue weighted by atomic mass is 16.5. The Balaban J connectivity index is 1.69. The van der Waals surface area contributed by atoms with E-state index >= 15 is 0 Å². The first kappa shape index (κ1) is 17.9. The molecule has 0 unspecified atom stereocenters. The van der Waals surface area contributed by atoms with Gasteiger partial charge in [-0.2, -0.15) is 0 Å². The van der Waals surface area contributed by atoms with Crippen LogP contribution in [0, 0.1) is 0 Å². The van der Waals surface area contributed by atoms with E-state index in [1.165, 1.54) is 17.3 Å². The van der Waals surface area contributed by atoms with Gasteiger partial charge in [-0.1, -0.05) is 12.1 Å². The van der Waals surface area contributed by atoms with E-state index in [9.17, 15) is 4.79 Å². The van der Waals surface area contributed by atoms with Crippen molar-refractivity contribution in [1.29, 1.82) is 0 Å². The van der Waals surface area contributed by atoms with Gasteiger partial charge < -0.3 is 19.7 Å². The van der Waals surface area contributed by atoms with Crippen LogP contribution in [-0.2, 0) is 11.2 Å². The molecule has 1 N–H and O–H groups in total. The molecule has 2 aromatic rings. The summed E-state index contributed by atoms with van der Waals surface area (Å²) in [6.07, 6.45) is 4.34. The highest BCUT2D eigenvalue weighted by Gasteiger charge is 2.17. The lowest BCUT2D eigenvalue weighted by atomic mass is 10.1. The second kappa shape index (κ2) is 7.95. The summed E-state index contributed by atoms with van der Waals surface area (Å²) in [4.78, 5) is 14.6. The van der Waals surface area contributed by atoms with E-state index in [1.54, 1.807) is 20.3 Å². The minimum atomic E-state index is -0.166. The molecule has 1 aliphatic rings. The summed E-state index contributed by atoms with van der Waals surface area (Å²) in [5, 5.41) is 2.93. The van der Waals surface area contributed by atoms with Gasteiger partial charge in [0.15, 0.2) is 11.5 Å². The van der Waals surface area contributed by atoms with Crippen LogP contribution in [-0.4, -0.2) is 33.2 Å². The van der Waals surface area contributed by atoms with Crippen LogP contribution in [0.3, 0.4) is 0 Å². The highest BCUT2D eigenvalue weighted by Crippen LogP contribution is 2.31. The molecule has 2 aromatic carbocycles. The first-order chi connectivity index (χ1) is 12.6. The molecule has 0 fully saturated rings. The summed E-state index contributed by atoms with van der Waals surface area (Å²) in [5.74, 6) is 1.13. The van der Waals surface area contributed by atoms with Gasteiger partial charge in [0, 0.05) is 30.5 Å². The number of rotatable bonds is 6. The molecule has 0 saturated heterocycles. The van der Waals surface area contributed by atoms with Crippen LogP contribution in [0.2, 0.25) is 0 Å². The molecule has 1 heterocycles. The van der Waals surface area contributed by atoms with E-state index in [1.807, 2.05) is 30.3 Å². The third-order valence-corrected chi connectivity index (χ3v) is 4.56. The quantitative estimate of drug-likeness (QED) is 0.805. The van der Waals surface area contributed by atoms with Crippen molar-refractivity contribution >= 4 is 23.4 Å². The third-order valence-electron chi connectivity index (χ3n) is 4.56. The summed E-state index contributed by atoms with van der Waals surface area (Å²) < 4.78 is 10.5. The SMILES string of the molecule is CCN1CCc2ccc(NC(=O)/C=C/c3ccc(OC)c(OC)c3)cc21. The number of carbonyl (C=O) groups excluding carboxylic acids is 1. The number of likely N-dealkylation sites (N-methyl/N-ethyl adjacent to an activating group) is 1. The number of ether oxygens (including phenoxy) is 2. The molecule has 1 aliphatic heterocycles. The lowest BCUT2D eigenvalue weighted by molar-refractivity contribution is -0.111. The standard InChI is InChI=1S/C21H24N2O3/c1-4-23-12-11-16-7-8-17(14-18(16)23)22-21(24)10-6-15-5-9-19(25-2)20(13-15)26-3/h5-10,13-14H,4,11-12H2,1-3H3,(H,22,24)/b10-6+. The van der Waals surface area contributed by atoms with Gasteiger partial charge in [-0.15, -0.1) is 0 Å². The van der Waals surface area contributed by atoms with Crippen molar-refractivity contribution < 1.29 is 14.3 Å². The molecule has 0 bridgehead atoms. The Bertz CT molecular complexity index is 830. The Morgan fingerprint density at radius 3 is 2.69 bits per heavy atom. The third kappa shape index (κ3) is 3.82. The number of benzene rings is 2. The molecule has 0 aliphatic carbocycles. The van der Waals surface area contributed by atoms with Crippen LogP contribution in [0.15, 0.2) is 42.5 Å². The molecule has 0 saturated carbocycles. The second-order valence-corrected chi connectivity index (χ2v) is 6.11. The normalized spacial score (nSPS) is 13.0. The van der Waals surface area contributed by atoms with Crippen molar-refractivity contribution in [3.63, 3.8) is 0 Å². The molecule has 5 heteroatoms. The molecule has 0 radical (unpaired) electrons. The number of fused-ring (bicyclic) bond motifs is 1. The molecule has 136 valence electrons.